The number of phenols is 1. The third-order valence-electron chi connectivity index (χ3n) is 3.64. The molecule has 0 bridgehead atoms. The number of amides is 2. The van der Waals surface area contributed by atoms with Crippen molar-refractivity contribution >= 4 is 23.2 Å². The first kappa shape index (κ1) is 18.6. The van der Waals surface area contributed by atoms with Crippen LogP contribution in [0.25, 0.3) is 10.7 Å². The smallest absolute Gasteiger partial charge is 0.251 e. The number of carbonyl (C=O) groups excluding carboxylic acids is 2. The lowest BCUT2D eigenvalue weighted by molar-refractivity contribution is -0.121. The average Bonchev–Trinajstić information content (AvgIpc) is 3.35. The van der Waals surface area contributed by atoms with Crippen molar-refractivity contribution < 1.29 is 19.2 Å². The van der Waals surface area contributed by atoms with Crippen molar-refractivity contribution in [1.82, 2.24) is 20.8 Å². The molecule has 9 heteroatoms. The van der Waals surface area contributed by atoms with Crippen LogP contribution in [0.1, 0.15) is 22.7 Å². The van der Waals surface area contributed by atoms with E-state index in [1.54, 1.807) is 0 Å². The van der Waals surface area contributed by atoms with Crippen molar-refractivity contribution in [2.45, 2.75) is 12.8 Å². The molecule has 0 aliphatic heterocycles. The number of benzene rings is 1. The summed E-state index contributed by atoms with van der Waals surface area (Å²) >= 11 is 1.52. The summed E-state index contributed by atoms with van der Waals surface area (Å²) in [5.41, 5.74) is 0.442. The van der Waals surface area contributed by atoms with Gasteiger partial charge in [-0.3, -0.25) is 9.59 Å². The van der Waals surface area contributed by atoms with Crippen LogP contribution in [0.3, 0.4) is 0 Å². The normalized spacial score (nSPS) is 10.5. The van der Waals surface area contributed by atoms with Gasteiger partial charge in [0.1, 0.15) is 5.75 Å². The highest BCUT2D eigenvalue weighted by atomic mass is 32.1. The molecule has 2 heterocycles. The van der Waals surface area contributed by atoms with Gasteiger partial charge in [0.25, 0.3) is 5.91 Å². The van der Waals surface area contributed by atoms with Crippen molar-refractivity contribution in [1.29, 1.82) is 0 Å². The van der Waals surface area contributed by atoms with Gasteiger partial charge in [0.2, 0.25) is 17.6 Å². The number of phenolic OH excluding ortho intramolecular Hbond substituents is 1. The van der Waals surface area contributed by atoms with Gasteiger partial charge in [0.05, 0.1) is 4.88 Å². The maximum absolute atomic E-state index is 11.9. The minimum Gasteiger partial charge on any atom is -0.508 e. The first-order chi connectivity index (χ1) is 13.1. The van der Waals surface area contributed by atoms with E-state index >= 15 is 0 Å². The van der Waals surface area contributed by atoms with Crippen LogP contribution in [0.2, 0.25) is 0 Å². The van der Waals surface area contributed by atoms with Gasteiger partial charge in [0.15, 0.2) is 0 Å². The standard InChI is InChI=1S/C18H18N4O4S/c23-13-5-3-12(4-6-13)18(25)20-10-9-19-15(24)7-8-16-21-17(22-26-16)14-2-1-11-27-14/h1-6,11,23H,7-10H2,(H,19,24)(H,20,25). The lowest BCUT2D eigenvalue weighted by Crippen LogP contribution is -2.34. The molecule has 3 N–H and O–H groups in total. The molecule has 27 heavy (non-hydrogen) atoms. The number of rotatable bonds is 8. The van der Waals surface area contributed by atoms with E-state index in [0.29, 0.717) is 36.8 Å². The predicted molar refractivity (Wildman–Crippen MR) is 99.4 cm³/mol. The Morgan fingerprint density at radius 2 is 1.89 bits per heavy atom. The summed E-state index contributed by atoms with van der Waals surface area (Å²) in [4.78, 5) is 28.9. The minimum atomic E-state index is -0.267. The summed E-state index contributed by atoms with van der Waals surface area (Å²) in [6.45, 7) is 0.613. The SMILES string of the molecule is O=C(CCc1nc(-c2cccs2)no1)NCCNC(=O)c1ccc(O)cc1. The van der Waals surface area contributed by atoms with Gasteiger partial charge in [-0.2, -0.15) is 4.98 Å². The zero-order chi connectivity index (χ0) is 19.1. The Morgan fingerprint density at radius 1 is 1.11 bits per heavy atom. The number of nitrogens with zero attached hydrogens (tertiary/aromatic N) is 2. The number of carbonyl (C=O) groups is 2. The molecule has 3 rings (SSSR count). The summed E-state index contributed by atoms with van der Waals surface area (Å²) in [6.07, 6.45) is 0.571. The van der Waals surface area contributed by atoms with Gasteiger partial charge >= 0.3 is 0 Å². The van der Waals surface area contributed by atoms with Gasteiger partial charge in [-0.25, -0.2) is 0 Å². The summed E-state index contributed by atoms with van der Waals surface area (Å²) in [5, 5.41) is 20.4. The van der Waals surface area contributed by atoms with Crippen molar-refractivity contribution in [3.8, 4) is 16.5 Å². The van der Waals surface area contributed by atoms with Crippen LogP contribution in [0.4, 0.5) is 0 Å². The molecule has 2 amide bonds. The van der Waals surface area contributed by atoms with Gasteiger partial charge in [-0.15, -0.1) is 11.3 Å². The van der Waals surface area contributed by atoms with E-state index in [0.717, 1.165) is 4.88 Å². The molecule has 8 nitrogen and oxygen atoms in total. The fourth-order valence-electron chi connectivity index (χ4n) is 2.26. The average molecular weight is 386 g/mol. The van der Waals surface area contributed by atoms with Gasteiger partial charge in [-0.1, -0.05) is 11.2 Å². The summed E-state index contributed by atoms with van der Waals surface area (Å²) in [7, 11) is 0. The monoisotopic (exact) mass is 386 g/mol. The quantitative estimate of drug-likeness (QED) is 0.510. The summed E-state index contributed by atoms with van der Waals surface area (Å²) < 4.78 is 5.14. The predicted octanol–water partition coefficient (Wildman–Crippen LogP) is 1.98. The maximum atomic E-state index is 11.9. The van der Waals surface area contributed by atoms with Crippen molar-refractivity contribution in [2.24, 2.45) is 0 Å². The molecule has 140 valence electrons. The Labute approximate surface area is 159 Å². The topological polar surface area (TPSA) is 117 Å². The third-order valence-corrected chi connectivity index (χ3v) is 4.50. The molecule has 0 atom stereocenters. The van der Waals surface area contributed by atoms with Gasteiger partial charge in [0, 0.05) is 31.5 Å². The fraction of sp³-hybridized carbons (Fsp3) is 0.222. The minimum absolute atomic E-state index is 0.0996. The zero-order valence-corrected chi connectivity index (χ0v) is 15.2. The zero-order valence-electron chi connectivity index (χ0n) is 14.3. The molecule has 0 aliphatic carbocycles. The maximum Gasteiger partial charge on any atom is 0.251 e. The molecule has 3 aromatic rings. The molecular formula is C18H18N4O4S. The fourth-order valence-corrected chi connectivity index (χ4v) is 2.91. The number of aryl methyl sites for hydroxylation is 1. The molecular weight excluding hydrogens is 368 g/mol. The van der Waals surface area contributed by atoms with Crippen molar-refractivity contribution in [3.63, 3.8) is 0 Å². The van der Waals surface area contributed by atoms with Crippen LogP contribution in [-0.4, -0.2) is 40.2 Å². The summed E-state index contributed by atoms with van der Waals surface area (Å²) in [5.74, 6) is 0.607. The number of aromatic nitrogens is 2. The van der Waals surface area contributed by atoms with E-state index in [1.165, 1.54) is 35.6 Å². The van der Waals surface area contributed by atoms with Gasteiger partial charge < -0.3 is 20.3 Å². The van der Waals surface area contributed by atoms with Crippen molar-refractivity contribution in [3.05, 3.63) is 53.2 Å². The largest absolute Gasteiger partial charge is 0.508 e. The molecule has 0 saturated carbocycles. The Kier molecular flexibility index (Phi) is 6.16. The number of aromatic hydroxyl groups is 1. The molecule has 0 aliphatic rings. The highest BCUT2D eigenvalue weighted by Gasteiger charge is 2.11. The van der Waals surface area contributed by atoms with Crippen LogP contribution < -0.4 is 10.6 Å². The number of thiophene rings is 1. The van der Waals surface area contributed by atoms with Gasteiger partial charge in [-0.05, 0) is 35.7 Å². The van der Waals surface area contributed by atoms with Crippen LogP contribution in [0.15, 0.2) is 46.3 Å². The number of hydrogen-bond acceptors (Lipinski definition) is 7. The van der Waals surface area contributed by atoms with E-state index < -0.39 is 0 Å². The lowest BCUT2D eigenvalue weighted by atomic mass is 10.2. The molecule has 1 aromatic carbocycles. The van der Waals surface area contributed by atoms with Crippen LogP contribution in [0, 0.1) is 0 Å². The van der Waals surface area contributed by atoms with E-state index in [2.05, 4.69) is 20.8 Å². The van der Waals surface area contributed by atoms with Crippen LogP contribution in [0.5, 0.6) is 5.75 Å². The summed E-state index contributed by atoms with van der Waals surface area (Å²) in [6, 6.07) is 9.74. The second-order valence-corrected chi connectivity index (χ2v) is 6.59. The second kappa shape index (κ2) is 8.95. The number of nitrogens with one attached hydrogen (secondary N) is 2. The van der Waals surface area contributed by atoms with E-state index in [1.807, 2.05) is 17.5 Å². The lowest BCUT2D eigenvalue weighted by Gasteiger charge is -2.07. The Hall–Kier alpha value is -3.20. The van der Waals surface area contributed by atoms with Crippen LogP contribution >= 0.6 is 11.3 Å². The van der Waals surface area contributed by atoms with E-state index in [4.69, 9.17) is 4.52 Å². The highest BCUT2D eigenvalue weighted by molar-refractivity contribution is 7.13. The van der Waals surface area contributed by atoms with E-state index in [9.17, 15) is 14.7 Å². The molecule has 0 saturated heterocycles. The molecule has 2 aromatic heterocycles. The number of hydrogen-bond donors (Lipinski definition) is 3. The van der Waals surface area contributed by atoms with Crippen molar-refractivity contribution in [2.75, 3.05) is 13.1 Å². The first-order valence-corrected chi connectivity index (χ1v) is 9.20. The molecule has 0 radical (unpaired) electrons. The highest BCUT2D eigenvalue weighted by Crippen LogP contribution is 2.21. The molecule has 0 spiro atoms. The molecule has 0 unspecified atom stereocenters. The van der Waals surface area contributed by atoms with E-state index in [-0.39, 0.29) is 24.0 Å². The first-order valence-electron chi connectivity index (χ1n) is 8.32. The third kappa shape index (κ3) is 5.38. The Morgan fingerprint density at radius 3 is 2.63 bits per heavy atom. The van der Waals surface area contributed by atoms with Crippen LogP contribution in [-0.2, 0) is 11.2 Å². The second-order valence-electron chi connectivity index (χ2n) is 5.64. The molecule has 0 fully saturated rings. The Balaban J connectivity index is 1.34. The Bertz CT molecular complexity index is 890.